The molecule has 0 aromatic heterocycles. The van der Waals surface area contributed by atoms with E-state index in [0.717, 1.165) is 58.7 Å². The molecule has 0 bridgehead atoms. The number of carbonyl (C=O) groups is 2. The number of carboxylic acid groups (broad SMARTS) is 1. The molecule has 3 heterocycles. The van der Waals surface area contributed by atoms with Gasteiger partial charge in [0.25, 0.3) is 0 Å². The Morgan fingerprint density at radius 3 is 2.31 bits per heavy atom. The van der Waals surface area contributed by atoms with Crippen LogP contribution in [0.1, 0.15) is 40.0 Å². The fourth-order valence-electron chi connectivity index (χ4n) is 4.92. The largest absolute Gasteiger partial charge is 0.517 e. The Balaban J connectivity index is 1.47. The number of piperidine rings is 1. The molecule has 2 unspecified atom stereocenters. The van der Waals surface area contributed by atoms with Crippen molar-refractivity contribution < 1.29 is 23.9 Å². The van der Waals surface area contributed by atoms with Crippen LogP contribution in [0.5, 0.6) is 0 Å². The third kappa shape index (κ3) is 5.69. The standard InChI is InChI=1S/C21H38N4O4/c1-21(2,3)24-9-5-17(6-10-24)15-25(4)16-18(29-20(25)28)23-13-11-22(12-14-23)8-7-19(26)27/h17-18H,5-16H2,1-4H3/p+1. The van der Waals surface area contributed by atoms with Gasteiger partial charge in [0, 0.05) is 44.2 Å². The number of aliphatic carboxylic acids is 1. The molecular weight excluding hydrogens is 372 g/mol. The average molecular weight is 412 g/mol. The first-order valence-corrected chi connectivity index (χ1v) is 11.1. The maximum atomic E-state index is 12.7. The number of likely N-dealkylation sites (N-methyl/N-ethyl adjacent to an activating group) is 1. The molecule has 0 aliphatic carbocycles. The Kier molecular flexibility index (Phi) is 6.88. The fourth-order valence-corrected chi connectivity index (χ4v) is 4.92. The molecule has 0 radical (unpaired) electrons. The molecule has 0 aromatic carbocycles. The summed E-state index contributed by atoms with van der Waals surface area (Å²) in [7, 11) is 2.03. The van der Waals surface area contributed by atoms with Gasteiger partial charge in [0.05, 0.1) is 20.0 Å². The number of cyclic esters (lactones) is 1. The number of quaternary nitrogens is 1. The van der Waals surface area contributed by atoms with Crippen molar-refractivity contribution in [1.82, 2.24) is 14.7 Å². The van der Waals surface area contributed by atoms with Gasteiger partial charge in [-0.2, -0.15) is 4.79 Å². The lowest BCUT2D eigenvalue weighted by Gasteiger charge is -2.41. The number of carboxylic acids is 1. The molecule has 8 nitrogen and oxygen atoms in total. The monoisotopic (exact) mass is 411 g/mol. The quantitative estimate of drug-likeness (QED) is 0.664. The van der Waals surface area contributed by atoms with Crippen LogP contribution in [0.4, 0.5) is 4.79 Å². The van der Waals surface area contributed by atoms with Crippen molar-refractivity contribution in [2.24, 2.45) is 5.92 Å². The Bertz CT molecular complexity index is 592. The van der Waals surface area contributed by atoms with Gasteiger partial charge < -0.3 is 14.7 Å². The van der Waals surface area contributed by atoms with Crippen LogP contribution in [-0.2, 0) is 9.53 Å². The first-order chi connectivity index (χ1) is 13.6. The van der Waals surface area contributed by atoms with Gasteiger partial charge in [0.1, 0.15) is 6.54 Å². The summed E-state index contributed by atoms with van der Waals surface area (Å²) in [6, 6.07) is 0. The zero-order chi connectivity index (χ0) is 21.2. The third-order valence-electron chi connectivity index (χ3n) is 6.92. The molecular formula is C21H39N4O4+. The van der Waals surface area contributed by atoms with E-state index in [1.807, 2.05) is 7.05 Å². The first kappa shape index (κ1) is 22.5. The van der Waals surface area contributed by atoms with Gasteiger partial charge in [0.2, 0.25) is 6.23 Å². The Morgan fingerprint density at radius 2 is 1.76 bits per heavy atom. The maximum Gasteiger partial charge on any atom is 0.517 e. The van der Waals surface area contributed by atoms with Gasteiger partial charge in [0.15, 0.2) is 0 Å². The Labute approximate surface area is 175 Å². The number of rotatable bonds is 6. The molecule has 3 aliphatic heterocycles. The van der Waals surface area contributed by atoms with Crippen LogP contribution in [0, 0.1) is 5.92 Å². The summed E-state index contributed by atoms with van der Waals surface area (Å²) in [6.45, 7) is 14.5. The molecule has 1 N–H and O–H groups in total. The zero-order valence-corrected chi connectivity index (χ0v) is 18.6. The highest BCUT2D eigenvalue weighted by atomic mass is 16.6. The van der Waals surface area contributed by atoms with Crippen molar-refractivity contribution in [2.45, 2.75) is 51.8 Å². The lowest BCUT2D eigenvalue weighted by molar-refractivity contribution is -0.828. The highest BCUT2D eigenvalue weighted by Crippen LogP contribution is 2.29. The van der Waals surface area contributed by atoms with Crippen molar-refractivity contribution in [3.8, 4) is 0 Å². The van der Waals surface area contributed by atoms with E-state index in [1.165, 1.54) is 0 Å². The molecule has 3 aliphatic rings. The second kappa shape index (κ2) is 8.88. The summed E-state index contributed by atoms with van der Waals surface area (Å²) in [6.07, 6.45) is 2.23. The molecule has 2 atom stereocenters. The summed E-state index contributed by atoms with van der Waals surface area (Å²) in [5.74, 6) is -0.184. The lowest BCUT2D eigenvalue weighted by atomic mass is 9.92. The second-order valence-electron chi connectivity index (χ2n) is 10.2. The van der Waals surface area contributed by atoms with Crippen LogP contribution in [0.2, 0.25) is 0 Å². The Hall–Kier alpha value is -1.22. The molecule has 0 aromatic rings. The molecule has 0 saturated carbocycles. The molecule has 166 valence electrons. The summed E-state index contributed by atoms with van der Waals surface area (Å²) < 4.78 is 6.18. The topological polar surface area (TPSA) is 73.3 Å². The van der Waals surface area contributed by atoms with Crippen molar-refractivity contribution in [1.29, 1.82) is 0 Å². The number of carbonyl (C=O) groups excluding carboxylic acids is 1. The van der Waals surface area contributed by atoms with Crippen LogP contribution >= 0.6 is 0 Å². The molecule has 3 fully saturated rings. The van der Waals surface area contributed by atoms with Gasteiger partial charge in [-0.25, -0.2) is 4.48 Å². The van der Waals surface area contributed by atoms with Gasteiger partial charge in [-0.05, 0) is 46.7 Å². The van der Waals surface area contributed by atoms with E-state index < -0.39 is 5.97 Å². The third-order valence-corrected chi connectivity index (χ3v) is 6.92. The van der Waals surface area contributed by atoms with Crippen LogP contribution in [0.15, 0.2) is 0 Å². The highest BCUT2D eigenvalue weighted by Gasteiger charge is 2.49. The van der Waals surface area contributed by atoms with E-state index in [2.05, 4.69) is 35.5 Å². The minimum atomic E-state index is -0.751. The van der Waals surface area contributed by atoms with E-state index in [9.17, 15) is 9.59 Å². The number of nitrogens with zero attached hydrogens (tertiary/aromatic N) is 4. The van der Waals surface area contributed by atoms with E-state index in [-0.39, 0.29) is 24.3 Å². The number of amides is 1. The van der Waals surface area contributed by atoms with Crippen molar-refractivity contribution in [3.05, 3.63) is 0 Å². The lowest BCUT2D eigenvalue weighted by Crippen LogP contribution is -2.54. The summed E-state index contributed by atoms with van der Waals surface area (Å²) in [5, 5.41) is 8.84. The number of ether oxygens (including phenoxy) is 1. The Morgan fingerprint density at radius 1 is 1.14 bits per heavy atom. The number of hydrogen-bond donors (Lipinski definition) is 1. The van der Waals surface area contributed by atoms with E-state index in [4.69, 9.17) is 9.84 Å². The second-order valence-corrected chi connectivity index (χ2v) is 10.2. The predicted molar refractivity (Wildman–Crippen MR) is 111 cm³/mol. The van der Waals surface area contributed by atoms with Crippen LogP contribution in [0.25, 0.3) is 0 Å². The number of piperazine rings is 1. The molecule has 29 heavy (non-hydrogen) atoms. The highest BCUT2D eigenvalue weighted by molar-refractivity contribution is 5.66. The maximum absolute atomic E-state index is 12.7. The average Bonchev–Trinajstić information content (AvgIpc) is 2.94. The van der Waals surface area contributed by atoms with Crippen LogP contribution in [0.3, 0.4) is 0 Å². The summed E-state index contributed by atoms with van der Waals surface area (Å²) >= 11 is 0. The minimum absolute atomic E-state index is 0.0958. The molecule has 8 heteroatoms. The predicted octanol–water partition coefficient (Wildman–Crippen LogP) is 1.51. The van der Waals surface area contributed by atoms with Crippen molar-refractivity contribution in [2.75, 3.05) is 66.0 Å². The normalized spacial score (nSPS) is 31.2. The summed E-state index contributed by atoms with van der Waals surface area (Å²) in [5.41, 5.74) is 0.216. The number of likely N-dealkylation sites (tertiary alicyclic amines) is 1. The van der Waals surface area contributed by atoms with E-state index in [0.29, 0.717) is 23.5 Å². The van der Waals surface area contributed by atoms with Crippen molar-refractivity contribution in [3.63, 3.8) is 0 Å². The molecule has 1 amide bonds. The van der Waals surface area contributed by atoms with Crippen molar-refractivity contribution >= 4 is 12.1 Å². The first-order valence-electron chi connectivity index (χ1n) is 11.1. The zero-order valence-electron chi connectivity index (χ0n) is 18.6. The smallest absolute Gasteiger partial charge is 0.481 e. The van der Waals surface area contributed by atoms with Gasteiger partial charge >= 0.3 is 12.1 Å². The molecule has 3 saturated heterocycles. The molecule has 3 rings (SSSR count). The SMILES string of the molecule is CC(C)(C)N1CCC(C[N+]2(C)CC(N3CCN(CCC(=O)O)CC3)OC2=O)CC1. The van der Waals surface area contributed by atoms with Gasteiger partial charge in [-0.1, -0.05) is 0 Å². The number of hydrogen-bond acceptors (Lipinski definition) is 6. The van der Waals surface area contributed by atoms with Crippen LogP contribution in [-0.4, -0.2) is 114 Å². The van der Waals surface area contributed by atoms with Gasteiger partial charge in [-0.15, -0.1) is 0 Å². The minimum Gasteiger partial charge on any atom is -0.481 e. The fraction of sp³-hybridized carbons (Fsp3) is 0.905. The van der Waals surface area contributed by atoms with Crippen LogP contribution < -0.4 is 0 Å². The van der Waals surface area contributed by atoms with Gasteiger partial charge in [-0.3, -0.25) is 14.6 Å². The van der Waals surface area contributed by atoms with E-state index >= 15 is 0 Å². The van der Waals surface area contributed by atoms with E-state index in [1.54, 1.807) is 0 Å². The summed E-state index contributed by atoms with van der Waals surface area (Å²) in [4.78, 5) is 30.4. The molecule has 0 spiro atoms.